The number of carbonyl (C=O) groups is 1. The van der Waals surface area contributed by atoms with E-state index in [0.717, 1.165) is 0 Å². The average Bonchev–Trinajstić information content (AvgIpc) is 3.38. The molecule has 0 aliphatic heterocycles. The molecule has 0 N–H and O–H groups in total. The van der Waals surface area contributed by atoms with E-state index in [9.17, 15) is 27.9 Å². The molecule has 3 aromatic carbocycles. The molecule has 1 heterocycles. The molecule has 1 atom stereocenters. The van der Waals surface area contributed by atoms with Gasteiger partial charge in [-0.3, -0.25) is 10.1 Å². The van der Waals surface area contributed by atoms with Crippen LogP contribution in [-0.2, 0) is 26.3 Å². The van der Waals surface area contributed by atoms with Crippen molar-refractivity contribution in [2.45, 2.75) is 31.5 Å². The molecule has 0 bridgehead atoms. The van der Waals surface area contributed by atoms with E-state index < -0.39 is 27.1 Å². The van der Waals surface area contributed by atoms with Crippen LogP contribution < -0.4 is 39.0 Å². The Bertz CT molecular complexity index is 1760. The first-order valence-corrected chi connectivity index (χ1v) is 13.1. The summed E-state index contributed by atoms with van der Waals surface area (Å²) in [5.41, 5.74) is 0.708. The van der Waals surface area contributed by atoms with Gasteiger partial charge in [-0.25, -0.2) is 17.9 Å². The molecule has 0 aliphatic carbocycles. The first-order valence-electron chi connectivity index (χ1n) is 11.7. The summed E-state index contributed by atoms with van der Waals surface area (Å²) in [6, 6.07) is 11.7. The summed E-state index contributed by atoms with van der Waals surface area (Å²) >= 11 is 0. The number of hydrogen-bond acceptors (Lipinski definition) is 11. The van der Waals surface area contributed by atoms with Crippen LogP contribution in [0.4, 0.5) is 5.69 Å². The molecule has 0 saturated carbocycles. The van der Waals surface area contributed by atoms with E-state index >= 15 is 0 Å². The van der Waals surface area contributed by atoms with Crippen LogP contribution in [0.3, 0.4) is 0 Å². The Balaban J connectivity index is 0.00000462. The molecular weight excluding hydrogens is 567 g/mol. The summed E-state index contributed by atoms with van der Waals surface area (Å²) in [4.78, 5) is 22.7. The van der Waals surface area contributed by atoms with Gasteiger partial charge in [0, 0.05) is 16.3 Å². The molecule has 0 spiro atoms. The van der Waals surface area contributed by atoms with E-state index in [4.69, 9.17) is 14.2 Å². The van der Waals surface area contributed by atoms with Gasteiger partial charge in [0.25, 0.3) is 5.69 Å². The number of aromatic nitrogens is 3. The van der Waals surface area contributed by atoms with Gasteiger partial charge in [0.05, 0.1) is 40.4 Å². The Morgan fingerprint density at radius 3 is 2.46 bits per heavy atom. The number of esters is 1. The van der Waals surface area contributed by atoms with Gasteiger partial charge in [-0.15, -0.1) is 5.10 Å². The van der Waals surface area contributed by atoms with Gasteiger partial charge >= 0.3 is 35.5 Å². The van der Waals surface area contributed by atoms with Crippen molar-refractivity contribution < 1.29 is 66.5 Å². The largest absolute Gasteiger partial charge is 1.00 e. The predicted molar refractivity (Wildman–Crippen MR) is 140 cm³/mol. The van der Waals surface area contributed by atoms with Gasteiger partial charge in [0.2, 0.25) is 0 Å². The standard InChI is InChI=1S/C26H24N4O9S.Na/c1-15(2)26(31)39-16(3)20-11-23(37-4)24(12-22(20)30(32)33)38-14-17-13-29(28-27-17)21-9-5-8-19-18(21)7-6-10-25(19)40(34,35)36;/h5-13,16H,1,14H2,2-4H3,(H,34,35,36);/q;+1/p-1. The summed E-state index contributed by atoms with van der Waals surface area (Å²) in [6.07, 6.45) is 0.562. The minimum atomic E-state index is -4.70. The van der Waals surface area contributed by atoms with Crippen molar-refractivity contribution >= 4 is 32.5 Å². The first-order chi connectivity index (χ1) is 18.9. The van der Waals surface area contributed by atoms with Crippen molar-refractivity contribution in [2.75, 3.05) is 7.11 Å². The molecular formula is C26H23N4NaO9S. The molecule has 4 rings (SSSR count). The van der Waals surface area contributed by atoms with Crippen LogP contribution in [0, 0.1) is 10.1 Å². The number of fused-ring (bicyclic) bond motifs is 1. The third-order valence-corrected chi connectivity index (χ3v) is 6.77. The predicted octanol–water partition coefficient (Wildman–Crippen LogP) is 1.00. The van der Waals surface area contributed by atoms with Crippen LogP contribution in [0.25, 0.3) is 16.5 Å². The molecule has 208 valence electrons. The second-order valence-electron chi connectivity index (χ2n) is 8.67. The van der Waals surface area contributed by atoms with Crippen molar-refractivity contribution in [3.63, 3.8) is 0 Å². The number of benzene rings is 3. The Labute approximate surface area is 256 Å². The Morgan fingerprint density at radius 1 is 1.15 bits per heavy atom. The maximum absolute atomic E-state index is 11.9. The van der Waals surface area contributed by atoms with Crippen LogP contribution in [0.1, 0.15) is 31.2 Å². The zero-order valence-corrected chi connectivity index (χ0v) is 25.4. The SMILES string of the molecule is C=C(C)C(=O)OC(C)c1cc(OC)c(OCc2cn(-c3cccc4c(S(=O)(=O)[O-])cccc34)nn2)cc1[N+](=O)[O-].[Na+]. The van der Waals surface area contributed by atoms with Crippen LogP contribution in [-0.4, -0.2) is 46.0 Å². The van der Waals surface area contributed by atoms with Crippen molar-refractivity contribution in [2.24, 2.45) is 0 Å². The van der Waals surface area contributed by atoms with E-state index in [0.29, 0.717) is 16.8 Å². The molecule has 0 radical (unpaired) electrons. The minimum absolute atomic E-state index is 0. The Morgan fingerprint density at radius 2 is 1.83 bits per heavy atom. The van der Waals surface area contributed by atoms with Crippen molar-refractivity contribution in [3.8, 4) is 17.2 Å². The number of nitro benzene ring substituents is 1. The average molecular weight is 591 g/mol. The molecule has 1 aromatic heterocycles. The van der Waals surface area contributed by atoms with Crippen molar-refractivity contribution in [1.82, 2.24) is 15.0 Å². The molecule has 0 saturated heterocycles. The van der Waals surface area contributed by atoms with E-state index in [1.165, 1.54) is 62.2 Å². The van der Waals surface area contributed by atoms with Crippen LogP contribution in [0.2, 0.25) is 0 Å². The van der Waals surface area contributed by atoms with Crippen LogP contribution in [0.15, 0.2) is 71.8 Å². The number of ether oxygens (including phenoxy) is 3. The van der Waals surface area contributed by atoms with Gasteiger partial charge in [-0.1, -0.05) is 36.1 Å². The molecule has 13 nitrogen and oxygen atoms in total. The third-order valence-electron chi connectivity index (χ3n) is 5.87. The second kappa shape index (κ2) is 12.8. The molecule has 0 aliphatic rings. The molecule has 0 fully saturated rings. The third kappa shape index (κ3) is 6.92. The number of nitro groups is 1. The van der Waals surface area contributed by atoms with Gasteiger partial charge in [-0.05, 0) is 32.0 Å². The smallest absolute Gasteiger partial charge is 0.744 e. The first kappa shape index (κ1) is 31.7. The number of nitrogens with zero attached hydrogens (tertiary/aromatic N) is 4. The maximum Gasteiger partial charge on any atom is 1.00 e. The molecule has 41 heavy (non-hydrogen) atoms. The second-order valence-corrected chi connectivity index (χ2v) is 10.0. The quantitative estimate of drug-likeness (QED) is 0.0643. The maximum atomic E-state index is 11.9. The summed E-state index contributed by atoms with van der Waals surface area (Å²) in [5, 5.41) is 20.6. The number of methoxy groups -OCH3 is 1. The fraction of sp³-hybridized carbons (Fsp3) is 0.192. The molecule has 0 amide bonds. The van der Waals surface area contributed by atoms with E-state index in [1.54, 1.807) is 18.2 Å². The number of carbonyl (C=O) groups excluding carboxylic acids is 1. The van der Waals surface area contributed by atoms with E-state index in [-0.39, 0.29) is 74.8 Å². The van der Waals surface area contributed by atoms with Gasteiger partial charge in [0.1, 0.15) is 28.5 Å². The fourth-order valence-electron chi connectivity index (χ4n) is 3.96. The van der Waals surface area contributed by atoms with Crippen molar-refractivity contribution in [1.29, 1.82) is 0 Å². The fourth-order valence-corrected chi connectivity index (χ4v) is 4.65. The van der Waals surface area contributed by atoms with Gasteiger partial charge in [-0.2, -0.15) is 0 Å². The summed E-state index contributed by atoms with van der Waals surface area (Å²) < 4.78 is 52.8. The van der Waals surface area contributed by atoms with Crippen LogP contribution >= 0.6 is 0 Å². The summed E-state index contributed by atoms with van der Waals surface area (Å²) in [6.45, 7) is 6.31. The molecule has 15 heteroatoms. The van der Waals surface area contributed by atoms with E-state index in [2.05, 4.69) is 16.9 Å². The Kier molecular flexibility index (Phi) is 9.89. The Hall–Kier alpha value is -3.82. The number of hydrogen-bond donors (Lipinski definition) is 0. The minimum Gasteiger partial charge on any atom is -0.744 e. The monoisotopic (exact) mass is 590 g/mol. The van der Waals surface area contributed by atoms with Crippen LogP contribution in [0.5, 0.6) is 11.5 Å². The summed E-state index contributed by atoms with van der Waals surface area (Å²) in [7, 11) is -3.34. The zero-order valence-electron chi connectivity index (χ0n) is 22.6. The zero-order chi connectivity index (χ0) is 29.2. The topological polar surface area (TPSA) is 176 Å². The van der Waals surface area contributed by atoms with E-state index in [1.807, 2.05) is 0 Å². The number of rotatable bonds is 10. The van der Waals surface area contributed by atoms with Gasteiger partial charge in [0.15, 0.2) is 11.5 Å². The normalized spacial score (nSPS) is 11.8. The van der Waals surface area contributed by atoms with Gasteiger partial charge < -0.3 is 18.8 Å². The molecule has 4 aromatic rings. The summed E-state index contributed by atoms with van der Waals surface area (Å²) in [5.74, 6) is -0.491. The molecule has 1 unspecified atom stereocenters. The van der Waals surface area contributed by atoms with Crippen molar-refractivity contribution in [3.05, 3.63) is 88.3 Å².